The molecule has 2 aromatic carbocycles. The molecule has 0 heterocycles. The topological polar surface area (TPSA) is 86.8 Å². The summed E-state index contributed by atoms with van der Waals surface area (Å²) < 4.78 is 26.3. The largest absolute Gasteiger partial charge is 0.354 e. The van der Waals surface area contributed by atoms with Crippen LogP contribution in [-0.2, 0) is 26.2 Å². The van der Waals surface area contributed by atoms with Crippen LogP contribution in [0.15, 0.2) is 42.5 Å². The summed E-state index contributed by atoms with van der Waals surface area (Å²) in [5.41, 5.74) is 1.73. The number of nitrogens with one attached hydrogen (secondary N) is 1. The van der Waals surface area contributed by atoms with Gasteiger partial charge in [-0.05, 0) is 61.7 Å². The van der Waals surface area contributed by atoms with Crippen LogP contribution in [-0.4, -0.2) is 50.5 Å². The number of unbranched alkanes of at least 4 members (excludes halogenated alkanes) is 1. The third-order valence-electron chi connectivity index (χ3n) is 5.37. The van der Waals surface area contributed by atoms with E-state index in [1.165, 1.54) is 4.90 Å². The first-order chi connectivity index (χ1) is 15.9. The van der Waals surface area contributed by atoms with Crippen molar-refractivity contribution >= 4 is 50.7 Å². The van der Waals surface area contributed by atoms with Crippen molar-refractivity contribution in [2.75, 3.05) is 23.7 Å². The van der Waals surface area contributed by atoms with E-state index in [0.717, 1.165) is 29.0 Å². The molecule has 0 radical (unpaired) electrons. The molecule has 0 saturated heterocycles. The van der Waals surface area contributed by atoms with Crippen molar-refractivity contribution in [3.63, 3.8) is 0 Å². The lowest BCUT2D eigenvalue weighted by molar-refractivity contribution is -0.139. The minimum Gasteiger partial charge on any atom is -0.354 e. The molecule has 0 unspecified atom stereocenters. The number of amides is 2. The van der Waals surface area contributed by atoms with Gasteiger partial charge in [0, 0.05) is 23.1 Å². The Morgan fingerprint density at radius 3 is 2.24 bits per heavy atom. The average molecular weight is 529 g/mol. The molecule has 2 amide bonds. The van der Waals surface area contributed by atoms with Crippen LogP contribution in [0.5, 0.6) is 0 Å². The van der Waals surface area contributed by atoms with Crippen LogP contribution in [0.1, 0.15) is 37.8 Å². The quantitative estimate of drug-likeness (QED) is 0.438. The summed E-state index contributed by atoms with van der Waals surface area (Å²) in [5.74, 6) is -0.808. The van der Waals surface area contributed by atoms with E-state index in [-0.39, 0.29) is 12.5 Å². The minimum atomic E-state index is -3.80. The molecule has 0 bridgehead atoms. The lowest BCUT2D eigenvalue weighted by atomic mass is 10.1. The molecule has 34 heavy (non-hydrogen) atoms. The van der Waals surface area contributed by atoms with Crippen LogP contribution in [0.25, 0.3) is 0 Å². The number of rotatable bonds is 11. The second kappa shape index (κ2) is 12.4. The predicted molar refractivity (Wildman–Crippen MR) is 138 cm³/mol. The molecule has 1 atom stereocenters. The van der Waals surface area contributed by atoms with Crippen molar-refractivity contribution in [3.05, 3.63) is 63.6 Å². The molecular formula is C24H31Cl2N3O4S. The normalized spacial score (nSPS) is 12.2. The van der Waals surface area contributed by atoms with Gasteiger partial charge in [-0.25, -0.2) is 8.42 Å². The van der Waals surface area contributed by atoms with Gasteiger partial charge in [0.2, 0.25) is 21.8 Å². The highest BCUT2D eigenvalue weighted by atomic mass is 35.5. The highest BCUT2D eigenvalue weighted by Crippen LogP contribution is 2.26. The first-order valence-electron chi connectivity index (χ1n) is 11.0. The first-order valence-corrected chi connectivity index (χ1v) is 13.6. The van der Waals surface area contributed by atoms with Crippen molar-refractivity contribution < 1.29 is 18.0 Å². The number of sulfonamides is 1. The second-order valence-corrected chi connectivity index (χ2v) is 10.9. The third-order valence-corrected chi connectivity index (χ3v) is 6.98. The van der Waals surface area contributed by atoms with E-state index in [1.807, 2.05) is 6.92 Å². The fourth-order valence-corrected chi connectivity index (χ4v) is 4.66. The van der Waals surface area contributed by atoms with Crippen LogP contribution < -0.4 is 9.62 Å². The van der Waals surface area contributed by atoms with E-state index in [0.29, 0.717) is 27.8 Å². The van der Waals surface area contributed by atoms with E-state index in [9.17, 15) is 18.0 Å². The van der Waals surface area contributed by atoms with Crippen molar-refractivity contribution in [2.45, 2.75) is 46.2 Å². The summed E-state index contributed by atoms with van der Waals surface area (Å²) in [6.45, 7) is 5.54. The number of anilines is 1. The van der Waals surface area contributed by atoms with E-state index in [1.54, 1.807) is 56.3 Å². The Hall–Kier alpha value is -2.29. The number of halogens is 2. The maximum atomic E-state index is 13.5. The Morgan fingerprint density at radius 2 is 1.68 bits per heavy atom. The molecule has 0 aliphatic carbocycles. The van der Waals surface area contributed by atoms with Crippen molar-refractivity contribution in [1.82, 2.24) is 10.2 Å². The van der Waals surface area contributed by atoms with Crippen molar-refractivity contribution in [1.29, 1.82) is 0 Å². The van der Waals surface area contributed by atoms with Gasteiger partial charge in [0.05, 0.1) is 11.9 Å². The van der Waals surface area contributed by atoms with Crippen LogP contribution in [0.3, 0.4) is 0 Å². The summed E-state index contributed by atoms with van der Waals surface area (Å²) in [6, 6.07) is 10.9. The molecular weight excluding hydrogens is 497 g/mol. The zero-order valence-corrected chi connectivity index (χ0v) is 22.2. The fraction of sp³-hybridized carbons (Fsp3) is 0.417. The Balaban J connectivity index is 2.37. The maximum Gasteiger partial charge on any atom is 0.244 e. The molecule has 186 valence electrons. The standard InChI is InChI=1S/C24H31Cl2N3O4S/c1-5-6-13-27-24(31)18(3)28(15-19-7-9-20(25)10-8-19)23(30)16-29(34(4,32)33)22-12-11-21(26)14-17(22)2/h7-12,14,18H,5-6,13,15-16H2,1-4H3,(H,27,31)/t18-/m1/s1. The first kappa shape index (κ1) is 28.0. The molecule has 0 aliphatic heterocycles. The summed E-state index contributed by atoms with van der Waals surface area (Å²) in [7, 11) is -3.80. The molecule has 0 fully saturated rings. The summed E-state index contributed by atoms with van der Waals surface area (Å²) >= 11 is 12.0. The van der Waals surface area contributed by atoms with Crippen molar-refractivity contribution in [3.8, 4) is 0 Å². The lowest BCUT2D eigenvalue weighted by Crippen LogP contribution is -2.51. The highest BCUT2D eigenvalue weighted by molar-refractivity contribution is 7.92. The van der Waals surface area contributed by atoms with Crippen LogP contribution >= 0.6 is 23.2 Å². The van der Waals surface area contributed by atoms with Gasteiger partial charge in [-0.3, -0.25) is 13.9 Å². The fourth-order valence-electron chi connectivity index (χ4n) is 3.40. The van der Waals surface area contributed by atoms with Gasteiger partial charge in [0.15, 0.2) is 0 Å². The SMILES string of the molecule is CCCCNC(=O)[C@@H](C)N(Cc1ccc(Cl)cc1)C(=O)CN(c1ccc(Cl)cc1C)S(C)(=O)=O. The molecule has 2 rings (SSSR count). The maximum absolute atomic E-state index is 13.5. The molecule has 0 spiro atoms. The minimum absolute atomic E-state index is 0.121. The highest BCUT2D eigenvalue weighted by Gasteiger charge is 2.30. The van der Waals surface area contributed by atoms with Gasteiger partial charge < -0.3 is 10.2 Å². The molecule has 0 saturated carbocycles. The smallest absolute Gasteiger partial charge is 0.244 e. The number of nitrogens with zero attached hydrogens (tertiary/aromatic N) is 2. The molecule has 2 aromatic rings. The molecule has 7 nitrogen and oxygen atoms in total. The number of carbonyl (C=O) groups is 2. The van der Waals surface area contributed by atoms with E-state index >= 15 is 0 Å². The molecule has 10 heteroatoms. The summed E-state index contributed by atoms with van der Waals surface area (Å²) in [6.07, 6.45) is 2.78. The van der Waals surface area contributed by atoms with Gasteiger partial charge in [0.25, 0.3) is 0 Å². The van der Waals surface area contributed by atoms with E-state index < -0.39 is 28.5 Å². The Morgan fingerprint density at radius 1 is 1.06 bits per heavy atom. The number of carbonyl (C=O) groups excluding carboxylic acids is 2. The Bertz CT molecular complexity index is 1110. The van der Waals surface area contributed by atoms with Crippen LogP contribution in [0, 0.1) is 6.92 Å². The molecule has 0 aliphatic rings. The Kier molecular flexibility index (Phi) is 10.2. The van der Waals surface area contributed by atoms with E-state index in [4.69, 9.17) is 23.2 Å². The van der Waals surface area contributed by atoms with Crippen LogP contribution in [0.2, 0.25) is 10.0 Å². The van der Waals surface area contributed by atoms with Gasteiger partial charge >= 0.3 is 0 Å². The zero-order valence-electron chi connectivity index (χ0n) is 19.8. The lowest BCUT2D eigenvalue weighted by Gasteiger charge is -2.32. The van der Waals surface area contributed by atoms with Crippen molar-refractivity contribution in [2.24, 2.45) is 0 Å². The zero-order chi connectivity index (χ0) is 25.5. The molecule has 1 N–H and O–H groups in total. The summed E-state index contributed by atoms with van der Waals surface area (Å²) in [5, 5.41) is 3.85. The summed E-state index contributed by atoms with van der Waals surface area (Å²) in [4.78, 5) is 27.6. The third kappa shape index (κ3) is 7.89. The number of benzene rings is 2. The molecule has 0 aromatic heterocycles. The monoisotopic (exact) mass is 527 g/mol. The van der Waals surface area contributed by atoms with Crippen LogP contribution in [0.4, 0.5) is 5.69 Å². The second-order valence-electron chi connectivity index (χ2n) is 8.17. The van der Waals surface area contributed by atoms with Gasteiger partial charge in [-0.15, -0.1) is 0 Å². The van der Waals surface area contributed by atoms with E-state index in [2.05, 4.69) is 5.32 Å². The van der Waals surface area contributed by atoms with Gasteiger partial charge in [0.1, 0.15) is 12.6 Å². The average Bonchev–Trinajstić information content (AvgIpc) is 2.76. The number of aryl methyl sites for hydroxylation is 1. The number of hydrogen-bond acceptors (Lipinski definition) is 4. The predicted octanol–water partition coefficient (Wildman–Crippen LogP) is 4.40. The van der Waals surface area contributed by atoms with Gasteiger partial charge in [-0.2, -0.15) is 0 Å². The van der Waals surface area contributed by atoms with Gasteiger partial charge in [-0.1, -0.05) is 48.7 Å². The Labute approximate surface area is 212 Å². The number of hydrogen-bond donors (Lipinski definition) is 1.